The minimum absolute atomic E-state index is 0.215. The first kappa shape index (κ1) is 19.6. The van der Waals surface area contributed by atoms with Crippen molar-refractivity contribution in [1.29, 1.82) is 0 Å². The van der Waals surface area contributed by atoms with Crippen LogP contribution in [0.5, 0.6) is 0 Å². The molecule has 0 spiro atoms. The molecule has 5 nitrogen and oxygen atoms in total. The van der Waals surface area contributed by atoms with E-state index in [0.29, 0.717) is 12.3 Å². The van der Waals surface area contributed by atoms with Crippen LogP contribution >= 0.6 is 23.1 Å². The number of amides is 1. The van der Waals surface area contributed by atoms with Crippen LogP contribution in [0.4, 0.5) is 5.13 Å². The summed E-state index contributed by atoms with van der Waals surface area (Å²) in [6.07, 6.45) is 6.52. The molecule has 1 amide bonds. The second-order valence-electron chi connectivity index (χ2n) is 7.96. The van der Waals surface area contributed by atoms with Crippen molar-refractivity contribution in [3.05, 3.63) is 40.7 Å². The highest BCUT2D eigenvalue weighted by molar-refractivity contribution is 7.09. The Morgan fingerprint density at radius 2 is 1.93 bits per heavy atom. The molecule has 0 radical (unpaired) electrons. The third-order valence-electron chi connectivity index (χ3n) is 5.87. The minimum Gasteiger partial charge on any atom is -0.343 e. The van der Waals surface area contributed by atoms with Crippen molar-refractivity contribution in [3.8, 4) is 0 Å². The fraction of sp³-hybridized carbons (Fsp3) is 0.571. The molecule has 1 aromatic carbocycles. The molecule has 1 atom stereocenters. The number of hydrogen-bond acceptors (Lipinski definition) is 5. The Bertz CT molecular complexity index is 803. The molecule has 150 valence electrons. The normalized spacial score (nSPS) is 21.1. The Kier molecular flexibility index (Phi) is 6.16. The van der Waals surface area contributed by atoms with E-state index in [9.17, 15) is 4.79 Å². The molecule has 1 aliphatic heterocycles. The van der Waals surface area contributed by atoms with Crippen molar-refractivity contribution < 1.29 is 4.79 Å². The third-order valence-corrected chi connectivity index (χ3v) is 6.94. The van der Waals surface area contributed by atoms with E-state index in [1.807, 2.05) is 24.3 Å². The average Bonchev–Trinajstić information content (AvgIpc) is 3.18. The molecule has 7 heteroatoms. The zero-order valence-corrected chi connectivity index (χ0v) is 17.9. The van der Waals surface area contributed by atoms with Crippen molar-refractivity contribution in [2.24, 2.45) is 5.92 Å². The molecule has 2 aromatic rings. The summed E-state index contributed by atoms with van der Waals surface area (Å²) in [7, 11) is 0. The number of piperazine rings is 1. The Hall–Kier alpha value is -1.66. The Labute approximate surface area is 175 Å². The molecule has 2 fully saturated rings. The van der Waals surface area contributed by atoms with E-state index >= 15 is 0 Å². The molecule has 1 saturated heterocycles. The SMILES string of the molecule is C[C@H]1CN(c2nc(Cc3ccc(Cl)cc3)ns2)CCN1C(=O)C1CCCCC1. The largest absolute Gasteiger partial charge is 0.343 e. The van der Waals surface area contributed by atoms with Crippen LogP contribution in [0.1, 0.15) is 50.4 Å². The van der Waals surface area contributed by atoms with Crippen molar-refractivity contribution in [2.75, 3.05) is 24.5 Å². The zero-order chi connectivity index (χ0) is 19.5. The third kappa shape index (κ3) is 4.49. The average molecular weight is 419 g/mol. The maximum atomic E-state index is 12.9. The van der Waals surface area contributed by atoms with Gasteiger partial charge in [-0.1, -0.05) is 43.0 Å². The van der Waals surface area contributed by atoms with Crippen LogP contribution in [-0.4, -0.2) is 45.8 Å². The zero-order valence-electron chi connectivity index (χ0n) is 16.3. The van der Waals surface area contributed by atoms with Crippen molar-refractivity contribution >= 4 is 34.2 Å². The molecule has 0 unspecified atom stereocenters. The number of anilines is 1. The molecule has 28 heavy (non-hydrogen) atoms. The van der Waals surface area contributed by atoms with Gasteiger partial charge in [-0.15, -0.1) is 0 Å². The van der Waals surface area contributed by atoms with E-state index < -0.39 is 0 Å². The molecular weight excluding hydrogens is 392 g/mol. The molecule has 1 saturated carbocycles. The van der Waals surface area contributed by atoms with Crippen LogP contribution in [0.25, 0.3) is 0 Å². The van der Waals surface area contributed by atoms with Gasteiger partial charge in [0.05, 0.1) is 0 Å². The molecule has 2 aliphatic rings. The van der Waals surface area contributed by atoms with Crippen LogP contribution in [-0.2, 0) is 11.2 Å². The number of hydrogen-bond donors (Lipinski definition) is 0. The first-order valence-electron chi connectivity index (χ1n) is 10.2. The molecular formula is C21H27ClN4OS. The summed E-state index contributed by atoms with van der Waals surface area (Å²) in [6, 6.07) is 8.04. The van der Waals surface area contributed by atoms with Gasteiger partial charge in [0.25, 0.3) is 0 Å². The van der Waals surface area contributed by atoms with Gasteiger partial charge in [-0.2, -0.15) is 4.37 Å². The maximum Gasteiger partial charge on any atom is 0.226 e. The summed E-state index contributed by atoms with van der Waals surface area (Å²) < 4.78 is 4.54. The Morgan fingerprint density at radius 3 is 2.64 bits per heavy atom. The van der Waals surface area contributed by atoms with Gasteiger partial charge in [-0.05, 0) is 37.5 Å². The standard InChI is InChI=1S/C21H27ClN4OS/c1-15-14-25(11-12-26(15)20(27)17-5-3-2-4-6-17)21-23-19(24-28-21)13-16-7-9-18(22)10-8-16/h7-10,15,17H,2-6,11-14H2,1H3/t15-/m0/s1. The quantitative estimate of drug-likeness (QED) is 0.738. The lowest BCUT2D eigenvalue weighted by Crippen LogP contribution is -2.55. The van der Waals surface area contributed by atoms with Gasteiger partial charge < -0.3 is 9.80 Å². The molecule has 2 heterocycles. The summed E-state index contributed by atoms with van der Waals surface area (Å²) in [5, 5.41) is 1.70. The highest BCUT2D eigenvalue weighted by Gasteiger charge is 2.33. The van der Waals surface area contributed by atoms with E-state index in [4.69, 9.17) is 16.6 Å². The minimum atomic E-state index is 0.215. The van der Waals surface area contributed by atoms with E-state index in [0.717, 1.165) is 54.0 Å². The predicted octanol–water partition coefficient (Wildman–Crippen LogP) is 4.40. The summed E-state index contributed by atoms with van der Waals surface area (Å²) in [5.41, 5.74) is 1.16. The fourth-order valence-corrected chi connectivity index (χ4v) is 5.12. The van der Waals surface area contributed by atoms with E-state index in [-0.39, 0.29) is 12.0 Å². The number of benzene rings is 1. The number of aromatic nitrogens is 2. The lowest BCUT2D eigenvalue weighted by Gasteiger charge is -2.41. The smallest absolute Gasteiger partial charge is 0.226 e. The summed E-state index contributed by atoms with van der Waals surface area (Å²) in [6.45, 7) is 4.59. The van der Waals surface area contributed by atoms with Crippen LogP contribution in [0, 0.1) is 5.92 Å². The number of carbonyl (C=O) groups is 1. The number of carbonyl (C=O) groups excluding carboxylic acids is 1. The van der Waals surface area contributed by atoms with Gasteiger partial charge in [0.1, 0.15) is 5.82 Å². The second kappa shape index (κ2) is 8.78. The first-order chi connectivity index (χ1) is 13.6. The van der Waals surface area contributed by atoms with Gasteiger partial charge in [0.15, 0.2) is 0 Å². The van der Waals surface area contributed by atoms with E-state index in [2.05, 4.69) is 21.1 Å². The molecule has 0 N–H and O–H groups in total. The highest BCUT2D eigenvalue weighted by atomic mass is 35.5. The lowest BCUT2D eigenvalue weighted by atomic mass is 9.88. The number of halogens is 1. The van der Waals surface area contributed by atoms with Gasteiger partial charge in [0, 0.05) is 54.6 Å². The molecule has 1 aromatic heterocycles. The van der Waals surface area contributed by atoms with E-state index in [1.54, 1.807) is 0 Å². The molecule has 4 rings (SSSR count). The molecule has 1 aliphatic carbocycles. The number of nitrogens with zero attached hydrogens (tertiary/aromatic N) is 4. The van der Waals surface area contributed by atoms with Gasteiger partial charge in [-0.3, -0.25) is 4.79 Å². The first-order valence-corrected chi connectivity index (χ1v) is 11.4. The Balaban J connectivity index is 1.35. The van der Waals surface area contributed by atoms with Crippen LogP contribution in [0.2, 0.25) is 5.02 Å². The second-order valence-corrected chi connectivity index (χ2v) is 9.12. The number of rotatable bonds is 4. The molecule has 0 bridgehead atoms. The van der Waals surface area contributed by atoms with Gasteiger partial charge in [-0.25, -0.2) is 4.98 Å². The van der Waals surface area contributed by atoms with Gasteiger partial charge in [0.2, 0.25) is 11.0 Å². The highest BCUT2D eigenvalue weighted by Crippen LogP contribution is 2.28. The van der Waals surface area contributed by atoms with Crippen molar-refractivity contribution in [3.63, 3.8) is 0 Å². The van der Waals surface area contributed by atoms with Crippen molar-refractivity contribution in [1.82, 2.24) is 14.3 Å². The van der Waals surface area contributed by atoms with Crippen molar-refractivity contribution in [2.45, 2.75) is 51.5 Å². The lowest BCUT2D eigenvalue weighted by molar-refractivity contribution is -0.139. The monoisotopic (exact) mass is 418 g/mol. The van der Waals surface area contributed by atoms with Crippen LogP contribution in [0.3, 0.4) is 0 Å². The summed E-state index contributed by atoms with van der Waals surface area (Å²) in [4.78, 5) is 22.0. The Morgan fingerprint density at radius 1 is 1.18 bits per heavy atom. The predicted molar refractivity (Wildman–Crippen MR) is 114 cm³/mol. The maximum absolute atomic E-state index is 12.9. The summed E-state index contributed by atoms with van der Waals surface area (Å²) in [5.74, 6) is 1.46. The van der Waals surface area contributed by atoms with Gasteiger partial charge >= 0.3 is 0 Å². The van der Waals surface area contributed by atoms with E-state index in [1.165, 1.54) is 30.8 Å². The topological polar surface area (TPSA) is 49.3 Å². The van der Waals surface area contributed by atoms with Crippen LogP contribution < -0.4 is 4.90 Å². The summed E-state index contributed by atoms with van der Waals surface area (Å²) >= 11 is 7.41. The van der Waals surface area contributed by atoms with Crippen LogP contribution in [0.15, 0.2) is 24.3 Å². The fourth-order valence-electron chi connectivity index (χ4n) is 4.27.